The molecule has 4 aromatic rings. The van der Waals surface area contributed by atoms with Crippen molar-refractivity contribution in [1.82, 2.24) is 25.0 Å². The van der Waals surface area contributed by atoms with Gasteiger partial charge in [-0.1, -0.05) is 12.1 Å². The summed E-state index contributed by atoms with van der Waals surface area (Å²) in [4.78, 5) is 33.3. The van der Waals surface area contributed by atoms with Gasteiger partial charge in [-0.15, -0.1) is 0 Å². The molecule has 0 saturated heterocycles. The molecule has 7 rings (SSSR count). The van der Waals surface area contributed by atoms with E-state index in [9.17, 15) is 18.4 Å². The van der Waals surface area contributed by atoms with Gasteiger partial charge in [0.15, 0.2) is 0 Å². The predicted octanol–water partition coefficient (Wildman–Crippen LogP) is 3.85. The largest absolute Gasteiger partial charge is 0.347 e. The summed E-state index contributed by atoms with van der Waals surface area (Å²) in [7, 11) is 0. The van der Waals surface area contributed by atoms with E-state index in [2.05, 4.69) is 20.6 Å². The van der Waals surface area contributed by atoms with Gasteiger partial charge in [-0.05, 0) is 67.5 Å². The van der Waals surface area contributed by atoms with E-state index >= 15 is 0 Å². The molecule has 0 spiro atoms. The summed E-state index contributed by atoms with van der Waals surface area (Å²) < 4.78 is 29.9. The Balaban J connectivity index is 1.16. The molecule has 2 bridgehead atoms. The van der Waals surface area contributed by atoms with Gasteiger partial charge in [-0.25, -0.2) is 14.4 Å². The van der Waals surface area contributed by atoms with Gasteiger partial charge in [0.05, 0.1) is 5.52 Å². The molecule has 3 fully saturated rings. The third-order valence-electron chi connectivity index (χ3n) is 7.44. The van der Waals surface area contributed by atoms with Gasteiger partial charge in [0.2, 0.25) is 5.95 Å². The number of hydrogen-bond acceptors (Lipinski definition) is 5. The highest BCUT2D eigenvalue weighted by Gasteiger charge is 2.68. The first-order valence-corrected chi connectivity index (χ1v) is 12.0. The van der Waals surface area contributed by atoms with Crippen LogP contribution in [0.1, 0.15) is 53.8 Å². The van der Waals surface area contributed by atoms with E-state index < -0.39 is 17.5 Å². The van der Waals surface area contributed by atoms with Crippen LogP contribution in [0.2, 0.25) is 0 Å². The molecule has 1 amide bonds. The zero-order chi connectivity index (χ0) is 25.1. The monoisotopic (exact) mass is 489 g/mol. The predicted molar refractivity (Wildman–Crippen MR) is 131 cm³/mol. The third-order valence-corrected chi connectivity index (χ3v) is 7.44. The van der Waals surface area contributed by atoms with E-state index in [-0.39, 0.29) is 29.3 Å². The Kier molecular flexibility index (Phi) is 5.15. The summed E-state index contributed by atoms with van der Waals surface area (Å²) in [5, 5.41) is 6.90. The summed E-state index contributed by atoms with van der Waals surface area (Å²) in [6, 6.07) is 13.2. The second-order valence-corrected chi connectivity index (χ2v) is 10.3. The number of benzene rings is 1. The molecule has 3 aliphatic rings. The summed E-state index contributed by atoms with van der Waals surface area (Å²) in [6.45, 7) is 2.75. The van der Waals surface area contributed by atoms with Gasteiger partial charge in [0, 0.05) is 42.3 Å². The molecular weight excluding hydrogens is 464 g/mol. The van der Waals surface area contributed by atoms with E-state index in [1.54, 1.807) is 42.6 Å². The zero-order valence-electron chi connectivity index (χ0n) is 19.7. The van der Waals surface area contributed by atoms with Crippen LogP contribution in [0, 0.1) is 11.4 Å². The van der Waals surface area contributed by atoms with Crippen molar-refractivity contribution in [1.29, 1.82) is 0 Å². The molecular formula is C27H25F2N5O2. The van der Waals surface area contributed by atoms with Gasteiger partial charge in [0.25, 0.3) is 11.5 Å². The first kappa shape index (κ1) is 22.7. The number of carbonyl (C=O) groups excluding carboxylic acids is 1. The number of fused-ring (bicyclic) bond motifs is 2. The number of rotatable bonds is 7. The fourth-order valence-electron chi connectivity index (χ4n) is 5.60. The molecule has 36 heavy (non-hydrogen) atoms. The minimum atomic E-state index is -0.951. The van der Waals surface area contributed by atoms with Crippen molar-refractivity contribution in [2.24, 2.45) is 5.41 Å². The Bertz CT molecular complexity index is 1560. The number of aromatic nitrogens is 3. The van der Waals surface area contributed by atoms with Crippen LogP contribution in [0.15, 0.2) is 59.5 Å². The standard InChI is InChI=1S/C27H25F2N5O2/c1-16(31-15-26-12-27(29,13-26)14-26)19-9-18-8-17(5-6-20(18)33-24(19)28)11-30-25(36)21-10-23(35)34-7-3-2-4-22(34)32-21/h2-10,16,31H,11-15H2,1H3,(H,30,36). The van der Waals surface area contributed by atoms with Gasteiger partial charge in [0.1, 0.15) is 17.0 Å². The summed E-state index contributed by atoms with van der Waals surface area (Å²) in [6.07, 6.45) is 3.38. The fourth-order valence-corrected chi connectivity index (χ4v) is 5.60. The molecule has 1 atom stereocenters. The van der Waals surface area contributed by atoms with E-state index in [0.29, 0.717) is 42.5 Å². The number of halogens is 2. The maximum atomic E-state index is 14.7. The highest BCUT2D eigenvalue weighted by molar-refractivity contribution is 5.92. The van der Waals surface area contributed by atoms with Crippen molar-refractivity contribution in [3.05, 3.63) is 87.9 Å². The molecule has 0 radical (unpaired) electrons. The average molecular weight is 490 g/mol. The highest BCUT2D eigenvalue weighted by atomic mass is 19.1. The highest BCUT2D eigenvalue weighted by Crippen LogP contribution is 2.69. The number of nitrogens with zero attached hydrogens (tertiary/aromatic N) is 3. The Morgan fingerprint density at radius 1 is 1.14 bits per heavy atom. The van der Waals surface area contributed by atoms with Crippen LogP contribution >= 0.6 is 0 Å². The quantitative estimate of drug-likeness (QED) is 0.385. The topological polar surface area (TPSA) is 88.4 Å². The number of amides is 1. The van der Waals surface area contributed by atoms with E-state index in [1.807, 2.05) is 13.0 Å². The van der Waals surface area contributed by atoms with E-state index in [4.69, 9.17) is 0 Å². The van der Waals surface area contributed by atoms with Crippen LogP contribution in [0.4, 0.5) is 8.78 Å². The number of nitrogens with one attached hydrogen (secondary N) is 2. The molecule has 184 valence electrons. The minimum Gasteiger partial charge on any atom is -0.347 e. The second kappa shape index (κ2) is 8.16. The van der Waals surface area contributed by atoms with Crippen molar-refractivity contribution in [2.45, 2.75) is 44.4 Å². The molecule has 3 aliphatic carbocycles. The maximum Gasteiger partial charge on any atom is 0.270 e. The van der Waals surface area contributed by atoms with Crippen molar-refractivity contribution in [3.8, 4) is 0 Å². The molecule has 1 unspecified atom stereocenters. The number of hydrogen-bond donors (Lipinski definition) is 2. The van der Waals surface area contributed by atoms with Crippen molar-refractivity contribution < 1.29 is 13.6 Å². The minimum absolute atomic E-state index is 0.0284. The Morgan fingerprint density at radius 3 is 2.72 bits per heavy atom. The Labute approximate surface area is 205 Å². The van der Waals surface area contributed by atoms with Gasteiger partial charge < -0.3 is 10.6 Å². The normalized spacial score (nSPS) is 23.2. The fraction of sp³-hybridized carbons (Fsp3) is 0.333. The Morgan fingerprint density at radius 2 is 1.94 bits per heavy atom. The molecule has 3 saturated carbocycles. The molecule has 3 aromatic heterocycles. The van der Waals surface area contributed by atoms with Crippen LogP contribution in [0.25, 0.3) is 16.6 Å². The Hall–Kier alpha value is -3.72. The first-order chi connectivity index (χ1) is 17.2. The van der Waals surface area contributed by atoms with E-state index in [1.165, 1.54) is 10.5 Å². The van der Waals surface area contributed by atoms with Crippen molar-refractivity contribution >= 4 is 22.5 Å². The van der Waals surface area contributed by atoms with Crippen molar-refractivity contribution in [3.63, 3.8) is 0 Å². The lowest BCUT2D eigenvalue weighted by Crippen LogP contribution is -2.67. The SMILES string of the molecule is CC(NCC12CC(F)(C1)C2)c1cc2cc(CNC(=O)c3cc(=O)n4ccccc4n3)ccc2nc1F. The first-order valence-electron chi connectivity index (χ1n) is 12.0. The van der Waals surface area contributed by atoms with Gasteiger partial charge in [-0.2, -0.15) is 4.39 Å². The molecule has 3 heterocycles. The van der Waals surface area contributed by atoms with Crippen LogP contribution in [-0.4, -0.2) is 32.5 Å². The van der Waals surface area contributed by atoms with E-state index in [0.717, 1.165) is 10.9 Å². The summed E-state index contributed by atoms with van der Waals surface area (Å²) in [5.74, 6) is -0.991. The smallest absolute Gasteiger partial charge is 0.270 e. The number of pyridine rings is 2. The van der Waals surface area contributed by atoms with Gasteiger partial charge in [-0.3, -0.25) is 14.0 Å². The van der Waals surface area contributed by atoms with Crippen LogP contribution in [-0.2, 0) is 6.54 Å². The molecule has 1 aromatic carbocycles. The van der Waals surface area contributed by atoms with Gasteiger partial charge >= 0.3 is 0 Å². The average Bonchev–Trinajstić information content (AvgIpc) is 2.83. The maximum absolute atomic E-state index is 14.7. The molecule has 0 aliphatic heterocycles. The lowest BCUT2D eigenvalue weighted by atomic mass is 9.42. The second-order valence-electron chi connectivity index (χ2n) is 10.3. The molecule has 7 nitrogen and oxygen atoms in total. The summed E-state index contributed by atoms with van der Waals surface area (Å²) >= 11 is 0. The number of alkyl halides is 1. The number of carbonyl (C=O) groups is 1. The lowest BCUT2D eigenvalue weighted by Gasteiger charge is -2.66. The van der Waals surface area contributed by atoms with Crippen LogP contribution in [0.3, 0.4) is 0 Å². The molecule has 2 N–H and O–H groups in total. The zero-order valence-corrected chi connectivity index (χ0v) is 19.7. The lowest BCUT2D eigenvalue weighted by molar-refractivity contribution is -0.210. The van der Waals surface area contributed by atoms with Crippen LogP contribution in [0.5, 0.6) is 0 Å². The molecule has 9 heteroatoms. The summed E-state index contributed by atoms with van der Waals surface area (Å²) in [5.41, 5.74) is 0.942. The van der Waals surface area contributed by atoms with Crippen LogP contribution < -0.4 is 16.2 Å². The van der Waals surface area contributed by atoms with Crippen molar-refractivity contribution in [2.75, 3.05) is 6.54 Å². The third kappa shape index (κ3) is 3.93.